The largest absolute Gasteiger partial charge is 0.440 e. The first-order valence-corrected chi connectivity index (χ1v) is 12.3. The summed E-state index contributed by atoms with van der Waals surface area (Å²) in [6.45, 7) is 7.85. The van der Waals surface area contributed by atoms with Crippen molar-refractivity contribution in [1.29, 1.82) is 0 Å². The molecule has 1 saturated carbocycles. The van der Waals surface area contributed by atoms with E-state index < -0.39 is 0 Å². The topological polar surface area (TPSA) is 60.0 Å². The summed E-state index contributed by atoms with van der Waals surface area (Å²) >= 11 is 1.77. The van der Waals surface area contributed by atoms with E-state index in [2.05, 4.69) is 51.3 Å². The van der Waals surface area contributed by atoms with Crippen LogP contribution in [0.2, 0.25) is 0 Å². The molecule has 2 fully saturated rings. The third-order valence-electron chi connectivity index (χ3n) is 7.02. The van der Waals surface area contributed by atoms with Gasteiger partial charge >= 0.3 is 0 Å². The molecule has 7 heteroatoms. The summed E-state index contributed by atoms with van der Waals surface area (Å²) < 4.78 is 7.46. The predicted molar refractivity (Wildman–Crippen MR) is 123 cm³/mol. The lowest BCUT2D eigenvalue weighted by molar-refractivity contribution is 0.313. The van der Waals surface area contributed by atoms with E-state index in [0.29, 0.717) is 11.2 Å². The molecule has 1 aliphatic carbocycles. The maximum atomic E-state index is 5.46. The van der Waals surface area contributed by atoms with Crippen molar-refractivity contribution in [2.75, 3.05) is 25.4 Å². The molecule has 0 N–H and O–H groups in total. The van der Waals surface area contributed by atoms with Crippen LogP contribution >= 0.6 is 11.8 Å². The first-order chi connectivity index (χ1) is 15.1. The maximum absolute atomic E-state index is 5.46. The predicted octanol–water partition coefficient (Wildman–Crippen LogP) is 4.84. The standard InChI is InChI=1S/C24H31N5OS/c1-17-6-8-19(9-7-17)20-14-24(20)10-12-29(15-24)11-4-5-13-31-23-27-26-22(28(23)3)21-18(2)25-16-30-21/h6-9,16,20H,4-5,10-15H2,1-3H3/t20?,24-/m0/s1. The molecular formula is C24H31N5OS. The average molecular weight is 438 g/mol. The Hall–Kier alpha value is -2.12. The van der Waals surface area contributed by atoms with Gasteiger partial charge in [-0.15, -0.1) is 10.2 Å². The zero-order valence-electron chi connectivity index (χ0n) is 18.7. The van der Waals surface area contributed by atoms with Crippen molar-refractivity contribution in [3.05, 3.63) is 47.5 Å². The number of rotatable bonds is 8. The van der Waals surface area contributed by atoms with Gasteiger partial charge in [-0.2, -0.15) is 0 Å². The second-order valence-corrected chi connectivity index (χ2v) is 10.3. The Morgan fingerprint density at radius 3 is 2.77 bits per heavy atom. The molecule has 1 unspecified atom stereocenters. The summed E-state index contributed by atoms with van der Waals surface area (Å²) in [5.74, 6) is 3.29. The molecule has 2 aliphatic rings. The second-order valence-electron chi connectivity index (χ2n) is 9.24. The Bertz CT molecular complexity index is 1040. The zero-order chi connectivity index (χ0) is 21.4. The first-order valence-electron chi connectivity index (χ1n) is 11.3. The summed E-state index contributed by atoms with van der Waals surface area (Å²) in [4.78, 5) is 6.83. The van der Waals surface area contributed by atoms with Crippen molar-refractivity contribution in [3.63, 3.8) is 0 Å². The summed E-state index contributed by atoms with van der Waals surface area (Å²) in [6.07, 6.45) is 6.63. The third kappa shape index (κ3) is 4.17. The van der Waals surface area contributed by atoms with Gasteiger partial charge in [-0.25, -0.2) is 4.98 Å². The number of aromatic nitrogens is 4. The van der Waals surface area contributed by atoms with Gasteiger partial charge in [0.25, 0.3) is 0 Å². The fourth-order valence-corrected chi connectivity index (χ4v) is 5.91. The molecule has 164 valence electrons. The zero-order valence-corrected chi connectivity index (χ0v) is 19.5. The Kier molecular flexibility index (Phi) is 5.65. The van der Waals surface area contributed by atoms with Gasteiger partial charge in [0.05, 0.1) is 5.69 Å². The number of nitrogens with zero attached hydrogens (tertiary/aromatic N) is 5. The lowest BCUT2D eigenvalue weighted by atomic mass is 9.98. The summed E-state index contributed by atoms with van der Waals surface area (Å²) in [5.41, 5.74) is 4.32. The number of likely N-dealkylation sites (tertiary alicyclic amines) is 1. The molecule has 0 amide bonds. The summed E-state index contributed by atoms with van der Waals surface area (Å²) in [6, 6.07) is 9.21. The van der Waals surface area contributed by atoms with E-state index in [4.69, 9.17) is 4.42 Å². The van der Waals surface area contributed by atoms with Gasteiger partial charge in [-0.3, -0.25) is 0 Å². The highest BCUT2D eigenvalue weighted by Crippen LogP contribution is 2.64. The summed E-state index contributed by atoms with van der Waals surface area (Å²) in [5, 5.41) is 9.56. The third-order valence-corrected chi connectivity index (χ3v) is 8.12. The normalized spacial score (nSPS) is 23.1. The molecule has 31 heavy (non-hydrogen) atoms. The lowest BCUT2D eigenvalue weighted by Crippen LogP contribution is -2.22. The number of oxazole rings is 1. The Labute approximate surface area is 188 Å². The number of aryl methyl sites for hydroxylation is 2. The van der Waals surface area contributed by atoms with E-state index in [9.17, 15) is 0 Å². The van der Waals surface area contributed by atoms with E-state index in [1.807, 2.05) is 18.5 Å². The van der Waals surface area contributed by atoms with E-state index in [0.717, 1.165) is 28.3 Å². The van der Waals surface area contributed by atoms with Gasteiger partial charge in [-0.1, -0.05) is 41.6 Å². The van der Waals surface area contributed by atoms with Crippen molar-refractivity contribution in [2.24, 2.45) is 12.5 Å². The number of hydrogen-bond donors (Lipinski definition) is 0. The molecule has 2 aromatic heterocycles. The highest BCUT2D eigenvalue weighted by atomic mass is 32.2. The molecule has 1 aromatic carbocycles. The van der Waals surface area contributed by atoms with Gasteiger partial charge in [-0.05, 0) is 69.5 Å². The highest BCUT2D eigenvalue weighted by Gasteiger charge is 2.57. The molecule has 5 rings (SSSR count). The minimum absolute atomic E-state index is 0.567. The molecule has 0 bridgehead atoms. The number of thioether (sulfide) groups is 1. The van der Waals surface area contributed by atoms with Crippen molar-refractivity contribution >= 4 is 11.8 Å². The molecule has 1 spiro atoms. The lowest BCUT2D eigenvalue weighted by Gasteiger charge is -2.16. The monoisotopic (exact) mass is 437 g/mol. The van der Waals surface area contributed by atoms with Crippen LogP contribution in [0.25, 0.3) is 11.6 Å². The molecule has 0 radical (unpaired) electrons. The van der Waals surface area contributed by atoms with Crippen LogP contribution in [0.4, 0.5) is 0 Å². The van der Waals surface area contributed by atoms with Crippen LogP contribution < -0.4 is 0 Å². The molecule has 6 nitrogen and oxygen atoms in total. The molecule has 1 saturated heterocycles. The van der Waals surface area contributed by atoms with Crippen LogP contribution in [-0.2, 0) is 7.05 Å². The second kappa shape index (κ2) is 8.43. The van der Waals surface area contributed by atoms with Crippen molar-refractivity contribution < 1.29 is 4.42 Å². The smallest absolute Gasteiger partial charge is 0.202 e. The van der Waals surface area contributed by atoms with Gasteiger partial charge in [0.2, 0.25) is 5.82 Å². The number of unbranched alkanes of at least 4 members (excludes halogenated alkanes) is 1. The van der Waals surface area contributed by atoms with Crippen molar-refractivity contribution in [2.45, 2.75) is 50.6 Å². The van der Waals surface area contributed by atoms with Crippen LogP contribution in [0, 0.1) is 19.3 Å². The van der Waals surface area contributed by atoms with Gasteiger partial charge in [0.15, 0.2) is 17.3 Å². The summed E-state index contributed by atoms with van der Waals surface area (Å²) in [7, 11) is 1.99. The Balaban J connectivity index is 1.05. The molecule has 1 aliphatic heterocycles. The average Bonchev–Trinajstić information content (AvgIpc) is 3.04. The minimum Gasteiger partial charge on any atom is -0.440 e. The SMILES string of the molecule is Cc1ccc(C2C[C@]23CCN(CCCCSc2nnc(-c4ocnc4C)n2C)C3)cc1. The Morgan fingerprint density at radius 2 is 2.00 bits per heavy atom. The van der Waals surface area contributed by atoms with Gasteiger partial charge in [0.1, 0.15) is 0 Å². The molecule has 3 aromatic rings. The molecule has 2 atom stereocenters. The Morgan fingerprint density at radius 1 is 1.16 bits per heavy atom. The van der Waals surface area contributed by atoms with E-state index in [-0.39, 0.29) is 0 Å². The van der Waals surface area contributed by atoms with E-state index in [1.54, 1.807) is 17.3 Å². The van der Waals surface area contributed by atoms with Crippen LogP contribution in [0.1, 0.15) is 48.4 Å². The fraction of sp³-hybridized carbons (Fsp3) is 0.542. The highest BCUT2D eigenvalue weighted by molar-refractivity contribution is 7.99. The minimum atomic E-state index is 0.567. The van der Waals surface area contributed by atoms with Crippen LogP contribution in [-0.4, -0.2) is 50.0 Å². The van der Waals surface area contributed by atoms with E-state index in [1.165, 1.54) is 57.3 Å². The fourth-order valence-electron chi connectivity index (χ4n) is 5.00. The van der Waals surface area contributed by atoms with Crippen LogP contribution in [0.3, 0.4) is 0 Å². The number of benzene rings is 1. The van der Waals surface area contributed by atoms with Crippen LogP contribution in [0.5, 0.6) is 0 Å². The first kappa shape index (κ1) is 20.8. The van der Waals surface area contributed by atoms with E-state index >= 15 is 0 Å². The van der Waals surface area contributed by atoms with Crippen LogP contribution in [0.15, 0.2) is 40.2 Å². The molecule has 3 heterocycles. The molecular weight excluding hydrogens is 406 g/mol. The van der Waals surface area contributed by atoms with Crippen molar-refractivity contribution in [1.82, 2.24) is 24.6 Å². The van der Waals surface area contributed by atoms with Gasteiger partial charge < -0.3 is 13.9 Å². The van der Waals surface area contributed by atoms with Gasteiger partial charge in [0, 0.05) is 19.3 Å². The van der Waals surface area contributed by atoms with Crippen molar-refractivity contribution in [3.8, 4) is 11.6 Å². The quantitative estimate of drug-likeness (QED) is 0.371. The number of hydrogen-bond acceptors (Lipinski definition) is 6. The maximum Gasteiger partial charge on any atom is 0.202 e.